The van der Waals surface area contributed by atoms with Crippen molar-refractivity contribution in [3.8, 4) is 0 Å². The van der Waals surface area contributed by atoms with Gasteiger partial charge in [0.15, 0.2) is 0 Å². The predicted octanol–water partition coefficient (Wildman–Crippen LogP) is -0.0158. The second kappa shape index (κ2) is 6.19. The normalized spacial score (nSPS) is 22.9. The van der Waals surface area contributed by atoms with Crippen LogP contribution in [0.3, 0.4) is 0 Å². The Labute approximate surface area is 118 Å². The molecule has 2 N–H and O–H groups in total. The number of carbonyl (C=O) groups excluding carboxylic acids is 2. The van der Waals surface area contributed by atoms with E-state index in [1.54, 1.807) is 29.9 Å². The van der Waals surface area contributed by atoms with Crippen molar-refractivity contribution in [3.63, 3.8) is 0 Å². The van der Waals surface area contributed by atoms with Crippen LogP contribution in [0.5, 0.6) is 0 Å². The van der Waals surface area contributed by atoms with Crippen molar-refractivity contribution in [1.82, 2.24) is 14.8 Å². The monoisotopic (exact) mass is 279 g/mol. The Balaban J connectivity index is 1.90. The van der Waals surface area contributed by atoms with E-state index in [-0.39, 0.29) is 25.1 Å². The fraction of sp³-hybridized carbons (Fsp3) is 0.571. The number of aliphatic hydroxyl groups is 1. The zero-order valence-electron chi connectivity index (χ0n) is 11.9. The zero-order chi connectivity index (χ0) is 14.7. The first-order valence-corrected chi connectivity index (χ1v) is 6.83. The molecule has 2 rings (SSSR count). The van der Waals surface area contributed by atoms with Gasteiger partial charge in [-0.1, -0.05) is 6.92 Å². The lowest BCUT2D eigenvalue weighted by Crippen LogP contribution is -2.44. The number of imide groups is 1. The number of amides is 2. The van der Waals surface area contributed by atoms with Gasteiger partial charge in [0.1, 0.15) is 5.69 Å². The van der Waals surface area contributed by atoms with Crippen molar-refractivity contribution in [2.45, 2.75) is 19.4 Å². The van der Waals surface area contributed by atoms with Crippen molar-refractivity contribution >= 4 is 11.8 Å². The van der Waals surface area contributed by atoms with Crippen LogP contribution in [0.2, 0.25) is 0 Å². The minimum atomic E-state index is -0.393. The smallest absolute Gasteiger partial charge is 0.274 e. The Bertz CT molecular complexity index is 498. The van der Waals surface area contributed by atoms with Crippen LogP contribution in [0.25, 0.3) is 0 Å². The first kappa shape index (κ1) is 14.7. The Hall–Kier alpha value is -1.66. The van der Waals surface area contributed by atoms with Crippen LogP contribution in [0.15, 0.2) is 18.3 Å². The highest BCUT2D eigenvalue weighted by Crippen LogP contribution is 2.22. The van der Waals surface area contributed by atoms with Gasteiger partial charge in [-0.15, -0.1) is 0 Å². The molecule has 2 heterocycles. The van der Waals surface area contributed by atoms with E-state index in [9.17, 15) is 14.7 Å². The van der Waals surface area contributed by atoms with Crippen LogP contribution >= 0.6 is 0 Å². The summed E-state index contributed by atoms with van der Waals surface area (Å²) in [6, 6.07) is 3.42. The molecule has 2 atom stereocenters. The lowest BCUT2D eigenvalue weighted by atomic mass is 10.0. The summed E-state index contributed by atoms with van der Waals surface area (Å²) in [5, 5.41) is 11.7. The zero-order valence-corrected chi connectivity index (χ0v) is 11.9. The standard InChI is InChI=1S/C14H21N3O3/c1-10-5-7-17(12(10)9-18)8-13(19)15-14(20)11-4-3-6-16(11)2/h3-4,6,10,12,18H,5,7-9H2,1-2H3,(H,15,19,20). The van der Waals surface area contributed by atoms with Crippen LogP contribution in [-0.2, 0) is 11.8 Å². The molecule has 1 saturated heterocycles. The molecule has 6 nitrogen and oxygen atoms in total. The van der Waals surface area contributed by atoms with Crippen molar-refractivity contribution in [2.75, 3.05) is 19.7 Å². The summed E-state index contributed by atoms with van der Waals surface area (Å²) in [7, 11) is 1.75. The third kappa shape index (κ3) is 3.08. The fourth-order valence-corrected chi connectivity index (χ4v) is 2.69. The average Bonchev–Trinajstić information content (AvgIpc) is 2.96. The fourth-order valence-electron chi connectivity index (χ4n) is 2.69. The second-order valence-electron chi connectivity index (χ2n) is 5.37. The van der Waals surface area contributed by atoms with Gasteiger partial charge in [0.2, 0.25) is 5.91 Å². The molecule has 2 amide bonds. The number of aryl methyl sites for hydroxylation is 1. The van der Waals surface area contributed by atoms with Crippen molar-refractivity contribution < 1.29 is 14.7 Å². The topological polar surface area (TPSA) is 74.6 Å². The highest BCUT2D eigenvalue weighted by Gasteiger charge is 2.31. The summed E-state index contributed by atoms with van der Waals surface area (Å²) in [6.45, 7) is 3.03. The van der Waals surface area contributed by atoms with E-state index in [0.717, 1.165) is 13.0 Å². The highest BCUT2D eigenvalue weighted by molar-refractivity contribution is 6.04. The van der Waals surface area contributed by atoms with E-state index >= 15 is 0 Å². The molecule has 1 aromatic heterocycles. The maximum atomic E-state index is 11.9. The second-order valence-corrected chi connectivity index (χ2v) is 5.37. The number of aliphatic hydroxyl groups excluding tert-OH is 1. The van der Waals surface area contributed by atoms with Gasteiger partial charge in [-0.3, -0.25) is 19.8 Å². The SMILES string of the molecule is CC1CCN(CC(=O)NC(=O)c2cccn2C)C1CO. The van der Waals surface area contributed by atoms with Gasteiger partial charge in [0.25, 0.3) is 5.91 Å². The number of hydrogen-bond donors (Lipinski definition) is 2. The summed E-state index contributed by atoms with van der Waals surface area (Å²) in [6.07, 6.45) is 2.72. The number of hydrogen-bond acceptors (Lipinski definition) is 4. The van der Waals surface area contributed by atoms with E-state index in [4.69, 9.17) is 0 Å². The molecule has 6 heteroatoms. The number of rotatable bonds is 4. The van der Waals surface area contributed by atoms with E-state index in [0.29, 0.717) is 11.6 Å². The first-order valence-electron chi connectivity index (χ1n) is 6.83. The Morgan fingerprint density at radius 1 is 1.50 bits per heavy atom. The summed E-state index contributed by atoms with van der Waals surface area (Å²) in [5.41, 5.74) is 0.451. The Morgan fingerprint density at radius 2 is 2.25 bits per heavy atom. The van der Waals surface area contributed by atoms with Gasteiger partial charge in [-0.05, 0) is 31.0 Å². The third-order valence-electron chi connectivity index (χ3n) is 3.96. The van der Waals surface area contributed by atoms with Crippen molar-refractivity contribution in [1.29, 1.82) is 0 Å². The molecular weight excluding hydrogens is 258 g/mol. The van der Waals surface area contributed by atoms with Crippen LogP contribution in [0.4, 0.5) is 0 Å². The van der Waals surface area contributed by atoms with Crippen molar-refractivity contribution in [2.24, 2.45) is 13.0 Å². The largest absolute Gasteiger partial charge is 0.395 e. The van der Waals surface area contributed by atoms with Crippen molar-refractivity contribution in [3.05, 3.63) is 24.0 Å². The van der Waals surface area contributed by atoms with Crippen LogP contribution in [-0.4, -0.2) is 52.1 Å². The average molecular weight is 279 g/mol. The number of nitrogens with one attached hydrogen (secondary N) is 1. The number of carbonyl (C=O) groups is 2. The maximum absolute atomic E-state index is 11.9. The lowest BCUT2D eigenvalue weighted by Gasteiger charge is -2.24. The molecular formula is C14H21N3O3. The molecule has 2 unspecified atom stereocenters. The molecule has 110 valence electrons. The van der Waals surface area contributed by atoms with E-state index in [1.807, 2.05) is 4.90 Å². The summed E-state index contributed by atoms with van der Waals surface area (Å²) in [5.74, 6) is -0.351. The lowest BCUT2D eigenvalue weighted by molar-refractivity contribution is -0.121. The third-order valence-corrected chi connectivity index (χ3v) is 3.96. The van der Waals surface area contributed by atoms with Gasteiger partial charge in [-0.2, -0.15) is 0 Å². The summed E-state index contributed by atoms with van der Waals surface area (Å²) < 4.78 is 1.66. The van der Waals surface area contributed by atoms with Gasteiger partial charge >= 0.3 is 0 Å². The molecule has 1 fully saturated rings. The Kier molecular flexibility index (Phi) is 4.57. The van der Waals surface area contributed by atoms with E-state index < -0.39 is 5.91 Å². The van der Waals surface area contributed by atoms with Crippen LogP contribution in [0, 0.1) is 5.92 Å². The molecule has 1 aromatic rings. The molecule has 20 heavy (non-hydrogen) atoms. The molecule has 0 aromatic carbocycles. The minimum Gasteiger partial charge on any atom is -0.395 e. The highest BCUT2D eigenvalue weighted by atomic mass is 16.3. The van der Waals surface area contributed by atoms with Gasteiger partial charge in [0.05, 0.1) is 13.2 Å². The van der Waals surface area contributed by atoms with Crippen LogP contribution in [0.1, 0.15) is 23.8 Å². The number of aromatic nitrogens is 1. The predicted molar refractivity (Wildman–Crippen MR) is 74.1 cm³/mol. The van der Waals surface area contributed by atoms with Gasteiger partial charge in [0, 0.05) is 19.3 Å². The molecule has 1 aliphatic rings. The summed E-state index contributed by atoms with van der Waals surface area (Å²) >= 11 is 0. The number of nitrogens with zero attached hydrogens (tertiary/aromatic N) is 2. The quantitative estimate of drug-likeness (QED) is 0.812. The van der Waals surface area contributed by atoms with Gasteiger partial charge < -0.3 is 9.67 Å². The molecule has 0 bridgehead atoms. The summed E-state index contributed by atoms with van der Waals surface area (Å²) in [4.78, 5) is 25.8. The maximum Gasteiger partial charge on any atom is 0.274 e. The molecule has 1 aliphatic heterocycles. The van der Waals surface area contributed by atoms with E-state index in [2.05, 4.69) is 12.2 Å². The van der Waals surface area contributed by atoms with Crippen LogP contribution < -0.4 is 5.32 Å². The number of likely N-dealkylation sites (tertiary alicyclic amines) is 1. The molecule has 0 spiro atoms. The minimum absolute atomic E-state index is 0.00545. The Morgan fingerprint density at radius 3 is 2.85 bits per heavy atom. The molecule has 0 radical (unpaired) electrons. The van der Waals surface area contributed by atoms with E-state index in [1.165, 1.54) is 0 Å². The molecule has 0 saturated carbocycles. The van der Waals surface area contributed by atoms with Gasteiger partial charge in [-0.25, -0.2) is 0 Å². The first-order chi connectivity index (χ1) is 9.52. The molecule has 0 aliphatic carbocycles.